The molecule has 2 aliphatic rings. The van der Waals surface area contributed by atoms with Gasteiger partial charge in [-0.15, -0.1) is 0 Å². The Kier molecular flexibility index (Phi) is 6.02. The van der Waals surface area contributed by atoms with Crippen molar-refractivity contribution in [1.29, 1.82) is 0 Å². The quantitative estimate of drug-likeness (QED) is 0.649. The van der Waals surface area contributed by atoms with Gasteiger partial charge in [-0.05, 0) is 31.1 Å². The van der Waals surface area contributed by atoms with Crippen LogP contribution in [0.1, 0.15) is 52.9 Å². The number of carbonyl (C=O) groups is 4. The van der Waals surface area contributed by atoms with E-state index in [1.807, 2.05) is 20.8 Å². The Morgan fingerprint density at radius 1 is 1.32 bits per heavy atom. The van der Waals surface area contributed by atoms with Crippen molar-refractivity contribution >= 4 is 23.9 Å². The van der Waals surface area contributed by atoms with Crippen molar-refractivity contribution < 1.29 is 19.2 Å². The van der Waals surface area contributed by atoms with Gasteiger partial charge in [0.05, 0.1) is 0 Å². The van der Waals surface area contributed by atoms with E-state index in [1.54, 1.807) is 0 Å². The largest absolute Gasteiger partial charge is 0.338 e. The van der Waals surface area contributed by atoms with Gasteiger partial charge in [-0.3, -0.25) is 19.8 Å². The van der Waals surface area contributed by atoms with Gasteiger partial charge in [0.25, 0.3) is 5.91 Å². The molecule has 2 atom stereocenters. The number of rotatable bonds is 5. The van der Waals surface area contributed by atoms with E-state index in [2.05, 4.69) is 16.0 Å². The monoisotopic (exact) mass is 352 g/mol. The first-order valence-electron chi connectivity index (χ1n) is 8.98. The third-order valence-electron chi connectivity index (χ3n) is 5.06. The van der Waals surface area contributed by atoms with Gasteiger partial charge < -0.3 is 10.6 Å². The number of hydrogen-bond acceptors (Lipinski definition) is 4. The number of hydrogen-bond donors (Lipinski definition) is 3. The van der Waals surface area contributed by atoms with Crippen molar-refractivity contribution in [3.8, 4) is 0 Å². The van der Waals surface area contributed by atoms with Gasteiger partial charge in [0, 0.05) is 6.54 Å². The van der Waals surface area contributed by atoms with Crippen molar-refractivity contribution in [2.45, 2.75) is 58.4 Å². The van der Waals surface area contributed by atoms with Crippen molar-refractivity contribution in [3.63, 3.8) is 0 Å². The number of imide groups is 2. The van der Waals surface area contributed by atoms with E-state index in [4.69, 9.17) is 0 Å². The lowest BCUT2D eigenvalue weighted by Crippen LogP contribution is -2.54. The maximum atomic E-state index is 12.7. The predicted octanol–water partition coefficient (Wildman–Crippen LogP) is 1.36. The second-order valence-electron chi connectivity index (χ2n) is 7.43. The highest BCUT2D eigenvalue weighted by Gasteiger charge is 2.55. The van der Waals surface area contributed by atoms with E-state index in [9.17, 15) is 19.2 Å². The zero-order chi connectivity index (χ0) is 18.6. The smallest absolute Gasteiger partial charge is 0.325 e. The maximum Gasteiger partial charge on any atom is 0.325 e. The van der Waals surface area contributed by atoms with Gasteiger partial charge in [-0.1, -0.05) is 33.6 Å². The standard InChI is InChI=1S/C17H28N4O4/c1-11(2)7-9-18-15(24)19-13(22)10-21-14(23)17(20-16(21)25)8-5-4-6-12(17)3/h11-12H,4-10H2,1-3H3,(H,20,25)(H2,18,19,22,24)/t12-,17-/m0/s1. The first-order chi connectivity index (χ1) is 11.8. The normalized spacial score (nSPS) is 26.1. The summed E-state index contributed by atoms with van der Waals surface area (Å²) in [6.07, 6.45) is 4.16. The molecule has 0 bridgehead atoms. The molecule has 1 spiro atoms. The van der Waals surface area contributed by atoms with Crippen LogP contribution in [0.25, 0.3) is 0 Å². The number of urea groups is 2. The minimum atomic E-state index is -0.894. The Balaban J connectivity index is 1.89. The number of amides is 6. The van der Waals surface area contributed by atoms with Crippen LogP contribution in [0.4, 0.5) is 9.59 Å². The van der Waals surface area contributed by atoms with Crippen LogP contribution in [0.15, 0.2) is 0 Å². The van der Waals surface area contributed by atoms with Crippen LogP contribution in [-0.2, 0) is 9.59 Å². The summed E-state index contributed by atoms with van der Waals surface area (Å²) < 4.78 is 0. The first kappa shape index (κ1) is 19.2. The molecular weight excluding hydrogens is 324 g/mol. The SMILES string of the molecule is CC(C)CCNC(=O)NC(=O)CN1C(=O)N[C@]2(CCCC[C@@H]2C)C1=O. The topological polar surface area (TPSA) is 108 Å². The van der Waals surface area contributed by atoms with E-state index in [0.29, 0.717) is 18.9 Å². The van der Waals surface area contributed by atoms with Crippen LogP contribution in [0.2, 0.25) is 0 Å². The molecule has 1 aliphatic heterocycles. The summed E-state index contributed by atoms with van der Waals surface area (Å²) in [5.74, 6) is -0.563. The third kappa shape index (κ3) is 4.29. The highest BCUT2D eigenvalue weighted by Crippen LogP contribution is 2.38. The molecule has 0 aromatic heterocycles. The molecule has 0 unspecified atom stereocenters. The molecule has 2 rings (SSSR count). The lowest BCUT2D eigenvalue weighted by atomic mass is 9.73. The molecule has 1 heterocycles. The summed E-state index contributed by atoms with van der Waals surface area (Å²) in [7, 11) is 0. The van der Waals surface area contributed by atoms with Crippen LogP contribution in [-0.4, -0.2) is 47.4 Å². The van der Waals surface area contributed by atoms with E-state index in [-0.39, 0.29) is 11.8 Å². The Hall–Kier alpha value is -2.12. The molecule has 0 aromatic carbocycles. The van der Waals surface area contributed by atoms with E-state index < -0.39 is 30.1 Å². The number of nitrogens with zero attached hydrogens (tertiary/aromatic N) is 1. The van der Waals surface area contributed by atoms with E-state index in [1.165, 1.54) is 0 Å². The summed E-state index contributed by atoms with van der Waals surface area (Å²) in [6.45, 7) is 6.02. The van der Waals surface area contributed by atoms with Crippen molar-refractivity contribution in [1.82, 2.24) is 20.9 Å². The Morgan fingerprint density at radius 2 is 2.04 bits per heavy atom. The number of nitrogens with one attached hydrogen (secondary N) is 3. The van der Waals surface area contributed by atoms with Crippen LogP contribution in [0, 0.1) is 11.8 Å². The fraction of sp³-hybridized carbons (Fsp3) is 0.765. The molecule has 6 amide bonds. The van der Waals surface area contributed by atoms with Gasteiger partial charge in [-0.25, -0.2) is 9.59 Å². The second kappa shape index (κ2) is 7.84. The number of carbonyl (C=O) groups excluding carboxylic acids is 4. The molecule has 8 heteroatoms. The molecule has 1 aliphatic carbocycles. The Morgan fingerprint density at radius 3 is 2.68 bits per heavy atom. The zero-order valence-corrected chi connectivity index (χ0v) is 15.2. The fourth-order valence-electron chi connectivity index (χ4n) is 3.47. The van der Waals surface area contributed by atoms with Crippen molar-refractivity contribution in [3.05, 3.63) is 0 Å². The van der Waals surface area contributed by atoms with Gasteiger partial charge in [0.15, 0.2) is 0 Å². The summed E-state index contributed by atoms with van der Waals surface area (Å²) in [5.41, 5.74) is -0.894. The minimum Gasteiger partial charge on any atom is -0.338 e. The first-order valence-corrected chi connectivity index (χ1v) is 8.98. The van der Waals surface area contributed by atoms with Gasteiger partial charge in [0.2, 0.25) is 5.91 Å². The van der Waals surface area contributed by atoms with Gasteiger partial charge in [-0.2, -0.15) is 0 Å². The molecule has 1 saturated heterocycles. The summed E-state index contributed by atoms with van der Waals surface area (Å²) in [5, 5.41) is 7.52. The molecule has 3 N–H and O–H groups in total. The molecule has 2 fully saturated rings. The van der Waals surface area contributed by atoms with Crippen LogP contribution >= 0.6 is 0 Å². The molecule has 1 saturated carbocycles. The molecule has 0 aromatic rings. The van der Waals surface area contributed by atoms with Gasteiger partial charge in [0.1, 0.15) is 12.1 Å². The fourth-order valence-corrected chi connectivity index (χ4v) is 3.47. The maximum absolute atomic E-state index is 12.7. The summed E-state index contributed by atoms with van der Waals surface area (Å²) in [4.78, 5) is 49.5. The molecule has 0 radical (unpaired) electrons. The van der Waals surface area contributed by atoms with Crippen molar-refractivity contribution in [2.75, 3.05) is 13.1 Å². The molecule has 140 valence electrons. The molecular formula is C17H28N4O4. The lowest BCUT2D eigenvalue weighted by molar-refractivity contribution is -0.137. The average Bonchev–Trinajstić information content (AvgIpc) is 2.75. The highest BCUT2D eigenvalue weighted by atomic mass is 16.2. The van der Waals surface area contributed by atoms with Crippen LogP contribution in [0.5, 0.6) is 0 Å². The predicted molar refractivity (Wildman–Crippen MR) is 91.6 cm³/mol. The molecule has 8 nitrogen and oxygen atoms in total. The van der Waals surface area contributed by atoms with Crippen LogP contribution < -0.4 is 16.0 Å². The summed E-state index contributed by atoms with van der Waals surface area (Å²) in [6, 6.07) is -1.17. The zero-order valence-electron chi connectivity index (χ0n) is 15.2. The van der Waals surface area contributed by atoms with E-state index in [0.717, 1.165) is 30.6 Å². The second-order valence-corrected chi connectivity index (χ2v) is 7.43. The van der Waals surface area contributed by atoms with Gasteiger partial charge >= 0.3 is 12.1 Å². The van der Waals surface area contributed by atoms with Crippen LogP contribution in [0.3, 0.4) is 0 Å². The lowest BCUT2D eigenvalue weighted by Gasteiger charge is -2.36. The highest BCUT2D eigenvalue weighted by molar-refractivity contribution is 6.10. The molecule has 25 heavy (non-hydrogen) atoms. The minimum absolute atomic E-state index is 0.0325. The Bertz CT molecular complexity index is 563. The van der Waals surface area contributed by atoms with E-state index >= 15 is 0 Å². The summed E-state index contributed by atoms with van der Waals surface area (Å²) >= 11 is 0. The average molecular weight is 352 g/mol. The Labute approximate surface area is 148 Å². The third-order valence-corrected chi connectivity index (χ3v) is 5.06. The van der Waals surface area contributed by atoms with Crippen molar-refractivity contribution in [2.24, 2.45) is 11.8 Å².